The van der Waals surface area contributed by atoms with Crippen LogP contribution in [-0.2, 0) is 28.4 Å². The molecule has 0 fully saturated rings. The molecule has 1 N–H and O–H groups in total. The van der Waals surface area contributed by atoms with Crippen LogP contribution in [0.1, 0.15) is 50.2 Å². The molecule has 0 unspecified atom stereocenters. The van der Waals surface area contributed by atoms with Gasteiger partial charge in [-0.25, -0.2) is 13.1 Å². The standard InChI is InChI=1S/C17H23N3O3S2/c1-16(2,3)15-20-19-14(24-15)10-18-25(21,22)12-6-7-13-11(8-12)9-17(4,5)23-13/h6-8,18H,9-10H2,1-5H3. The van der Waals surface area contributed by atoms with Crippen LogP contribution in [0, 0.1) is 0 Å². The van der Waals surface area contributed by atoms with Gasteiger partial charge in [0.25, 0.3) is 0 Å². The molecule has 0 radical (unpaired) electrons. The van der Waals surface area contributed by atoms with Crippen molar-refractivity contribution in [2.75, 3.05) is 0 Å². The van der Waals surface area contributed by atoms with E-state index in [1.54, 1.807) is 18.2 Å². The van der Waals surface area contributed by atoms with E-state index in [1.165, 1.54) is 11.3 Å². The fraction of sp³-hybridized carbons (Fsp3) is 0.529. The average molecular weight is 382 g/mol. The molecule has 3 rings (SSSR count). The second kappa shape index (κ2) is 6.03. The highest BCUT2D eigenvalue weighted by Gasteiger charge is 2.31. The third-order valence-corrected chi connectivity index (χ3v) is 6.61. The van der Waals surface area contributed by atoms with Crippen LogP contribution < -0.4 is 9.46 Å². The lowest BCUT2D eigenvalue weighted by Crippen LogP contribution is -2.24. The minimum atomic E-state index is -3.61. The van der Waals surface area contributed by atoms with Crippen LogP contribution >= 0.6 is 11.3 Å². The Hall–Kier alpha value is -1.51. The molecule has 0 bridgehead atoms. The lowest BCUT2D eigenvalue weighted by molar-refractivity contribution is 0.138. The monoisotopic (exact) mass is 381 g/mol. The van der Waals surface area contributed by atoms with Crippen LogP contribution in [0.15, 0.2) is 23.1 Å². The average Bonchev–Trinajstić information content (AvgIpc) is 3.06. The summed E-state index contributed by atoms with van der Waals surface area (Å²) < 4.78 is 33.6. The van der Waals surface area contributed by atoms with E-state index < -0.39 is 10.0 Å². The Balaban J connectivity index is 1.74. The van der Waals surface area contributed by atoms with Gasteiger partial charge in [-0.1, -0.05) is 32.1 Å². The van der Waals surface area contributed by atoms with Gasteiger partial charge in [-0.3, -0.25) is 0 Å². The summed E-state index contributed by atoms with van der Waals surface area (Å²) in [4.78, 5) is 0.244. The molecule has 0 aliphatic carbocycles. The Morgan fingerprint density at radius 2 is 2.00 bits per heavy atom. The number of hydrogen-bond acceptors (Lipinski definition) is 6. The first-order chi connectivity index (χ1) is 11.5. The Kier molecular flexibility index (Phi) is 4.41. The number of hydrogen-bond donors (Lipinski definition) is 1. The molecule has 0 spiro atoms. The summed E-state index contributed by atoms with van der Waals surface area (Å²) in [5.41, 5.74) is 0.522. The zero-order valence-electron chi connectivity index (χ0n) is 15.1. The second-order valence-corrected chi connectivity index (χ2v) is 10.7. The van der Waals surface area contributed by atoms with Gasteiger partial charge in [0, 0.05) is 11.8 Å². The quantitative estimate of drug-likeness (QED) is 0.880. The van der Waals surface area contributed by atoms with Gasteiger partial charge in [-0.2, -0.15) is 0 Å². The second-order valence-electron chi connectivity index (χ2n) is 7.88. The third-order valence-electron chi connectivity index (χ3n) is 3.87. The van der Waals surface area contributed by atoms with E-state index in [-0.39, 0.29) is 22.5 Å². The van der Waals surface area contributed by atoms with Crippen molar-refractivity contribution in [1.29, 1.82) is 0 Å². The molecule has 1 aliphatic heterocycles. The fourth-order valence-corrected chi connectivity index (χ4v) is 4.59. The largest absolute Gasteiger partial charge is 0.487 e. The Morgan fingerprint density at radius 3 is 2.64 bits per heavy atom. The van der Waals surface area contributed by atoms with Crippen LogP contribution in [0.2, 0.25) is 0 Å². The highest BCUT2D eigenvalue weighted by molar-refractivity contribution is 7.89. The van der Waals surface area contributed by atoms with Crippen molar-refractivity contribution in [3.8, 4) is 5.75 Å². The molecule has 25 heavy (non-hydrogen) atoms. The summed E-state index contributed by atoms with van der Waals surface area (Å²) in [5.74, 6) is 0.753. The van der Waals surface area contributed by atoms with Crippen molar-refractivity contribution in [1.82, 2.24) is 14.9 Å². The lowest BCUT2D eigenvalue weighted by Gasteiger charge is -2.16. The highest BCUT2D eigenvalue weighted by Crippen LogP contribution is 2.36. The highest BCUT2D eigenvalue weighted by atomic mass is 32.2. The van der Waals surface area contributed by atoms with Crippen molar-refractivity contribution in [3.63, 3.8) is 0 Å². The molecule has 1 aliphatic rings. The Morgan fingerprint density at radius 1 is 1.28 bits per heavy atom. The van der Waals surface area contributed by atoms with E-state index in [0.29, 0.717) is 11.4 Å². The van der Waals surface area contributed by atoms with Gasteiger partial charge in [0.2, 0.25) is 10.0 Å². The van der Waals surface area contributed by atoms with Crippen molar-refractivity contribution in [3.05, 3.63) is 33.8 Å². The molecule has 1 aromatic carbocycles. The first-order valence-corrected chi connectivity index (χ1v) is 10.4. The Labute approximate surface area is 152 Å². The molecule has 0 saturated carbocycles. The molecule has 136 valence electrons. The summed E-state index contributed by atoms with van der Waals surface area (Å²) in [6, 6.07) is 4.98. The Bertz CT molecular complexity index is 896. The molecule has 1 aromatic heterocycles. The van der Waals surface area contributed by atoms with E-state index >= 15 is 0 Å². The lowest BCUT2D eigenvalue weighted by atomic mass is 9.98. The van der Waals surface area contributed by atoms with E-state index in [0.717, 1.165) is 16.3 Å². The summed E-state index contributed by atoms with van der Waals surface area (Å²) in [5, 5.41) is 9.76. The van der Waals surface area contributed by atoms with Crippen molar-refractivity contribution in [2.45, 2.75) is 63.5 Å². The number of nitrogens with zero attached hydrogens (tertiary/aromatic N) is 2. The van der Waals surface area contributed by atoms with Gasteiger partial charge in [0.1, 0.15) is 21.4 Å². The molecule has 0 amide bonds. The number of sulfonamides is 1. The maximum Gasteiger partial charge on any atom is 0.240 e. The molecule has 2 aromatic rings. The first kappa shape index (κ1) is 18.3. The van der Waals surface area contributed by atoms with Crippen LogP contribution in [0.25, 0.3) is 0 Å². The summed E-state index contributed by atoms with van der Waals surface area (Å²) in [6.45, 7) is 10.3. The van der Waals surface area contributed by atoms with E-state index in [1.807, 2.05) is 13.8 Å². The smallest absolute Gasteiger partial charge is 0.240 e. The number of aromatic nitrogens is 2. The number of rotatable bonds is 4. The van der Waals surface area contributed by atoms with Gasteiger partial charge in [-0.15, -0.1) is 10.2 Å². The zero-order chi connectivity index (χ0) is 18.5. The zero-order valence-corrected chi connectivity index (χ0v) is 16.7. The SMILES string of the molecule is CC1(C)Cc2cc(S(=O)(=O)NCc3nnc(C(C)(C)C)s3)ccc2O1. The van der Waals surface area contributed by atoms with Crippen molar-refractivity contribution in [2.24, 2.45) is 0 Å². The molecule has 2 heterocycles. The maximum atomic E-state index is 12.6. The first-order valence-electron chi connectivity index (χ1n) is 8.11. The summed E-state index contributed by atoms with van der Waals surface area (Å²) in [7, 11) is -3.61. The maximum absolute atomic E-state index is 12.6. The van der Waals surface area contributed by atoms with Crippen molar-refractivity contribution < 1.29 is 13.2 Å². The summed E-state index contributed by atoms with van der Waals surface area (Å²) >= 11 is 1.43. The predicted octanol–water partition coefficient (Wildman–Crippen LogP) is 3.03. The van der Waals surface area contributed by atoms with Gasteiger partial charge in [-0.05, 0) is 37.6 Å². The molecular formula is C17H23N3O3S2. The fourth-order valence-electron chi connectivity index (χ4n) is 2.62. The molecule has 0 saturated heterocycles. The van der Waals surface area contributed by atoms with Crippen LogP contribution in [-0.4, -0.2) is 24.2 Å². The van der Waals surface area contributed by atoms with Gasteiger partial charge < -0.3 is 4.74 Å². The summed E-state index contributed by atoms with van der Waals surface area (Å²) in [6.07, 6.45) is 0.692. The third kappa shape index (κ3) is 4.02. The number of nitrogens with one attached hydrogen (secondary N) is 1. The van der Waals surface area contributed by atoms with Crippen LogP contribution in [0.5, 0.6) is 5.75 Å². The minimum Gasteiger partial charge on any atom is -0.487 e. The van der Waals surface area contributed by atoms with E-state index in [4.69, 9.17) is 4.74 Å². The van der Waals surface area contributed by atoms with Gasteiger partial charge in [0.05, 0.1) is 11.4 Å². The molecule has 0 atom stereocenters. The molecule has 8 heteroatoms. The topological polar surface area (TPSA) is 81.2 Å². The molecular weight excluding hydrogens is 358 g/mol. The van der Waals surface area contributed by atoms with E-state index in [2.05, 4.69) is 35.7 Å². The van der Waals surface area contributed by atoms with Crippen molar-refractivity contribution >= 4 is 21.4 Å². The van der Waals surface area contributed by atoms with Crippen LogP contribution in [0.3, 0.4) is 0 Å². The predicted molar refractivity (Wildman–Crippen MR) is 97.5 cm³/mol. The van der Waals surface area contributed by atoms with Gasteiger partial charge in [0.15, 0.2) is 0 Å². The normalized spacial score (nSPS) is 16.5. The van der Waals surface area contributed by atoms with E-state index in [9.17, 15) is 8.42 Å². The van der Waals surface area contributed by atoms with Gasteiger partial charge >= 0.3 is 0 Å². The number of benzene rings is 1. The van der Waals surface area contributed by atoms with Crippen LogP contribution in [0.4, 0.5) is 0 Å². The number of ether oxygens (including phenoxy) is 1. The molecule has 6 nitrogen and oxygen atoms in total. The number of fused-ring (bicyclic) bond motifs is 1. The minimum absolute atomic E-state index is 0.0957.